The smallest absolute Gasteiger partial charge is 0.341 e. The van der Waals surface area contributed by atoms with E-state index < -0.39 is 11.4 Å². The van der Waals surface area contributed by atoms with E-state index in [0.717, 1.165) is 31.9 Å². The number of halogens is 1. The summed E-state index contributed by atoms with van der Waals surface area (Å²) in [7, 11) is 2.08. The summed E-state index contributed by atoms with van der Waals surface area (Å²) in [5.41, 5.74) is 0.627. The van der Waals surface area contributed by atoms with Crippen molar-refractivity contribution in [3.8, 4) is 5.75 Å². The number of aromatic carboxylic acids is 1. The fourth-order valence-corrected chi connectivity index (χ4v) is 4.00. The molecule has 26 heavy (non-hydrogen) atoms. The highest BCUT2D eigenvalue weighted by Crippen LogP contribution is 2.44. The molecule has 1 saturated heterocycles. The quantitative estimate of drug-likeness (QED) is 0.863. The lowest BCUT2D eigenvalue weighted by Gasteiger charge is -2.37. The summed E-state index contributed by atoms with van der Waals surface area (Å²) in [5.74, 6) is -0.663. The Labute approximate surface area is 155 Å². The second kappa shape index (κ2) is 6.17. The maximum atomic E-state index is 12.7. The Bertz CT molecular complexity index is 963. The summed E-state index contributed by atoms with van der Waals surface area (Å²) in [5, 5.41) is 10.1. The third kappa shape index (κ3) is 2.54. The molecule has 2 aliphatic heterocycles. The Morgan fingerprint density at radius 2 is 2.00 bits per heavy atom. The van der Waals surface area contributed by atoms with Gasteiger partial charge in [-0.2, -0.15) is 0 Å². The molecule has 8 heteroatoms. The van der Waals surface area contributed by atoms with E-state index in [0.29, 0.717) is 22.9 Å². The van der Waals surface area contributed by atoms with E-state index in [1.54, 1.807) is 6.07 Å². The number of hydrogen-bond donors (Lipinski definition) is 1. The maximum Gasteiger partial charge on any atom is 0.341 e. The Hall–Kier alpha value is -2.25. The van der Waals surface area contributed by atoms with Crippen molar-refractivity contribution in [3.63, 3.8) is 0 Å². The minimum Gasteiger partial charge on any atom is -0.487 e. The first kappa shape index (κ1) is 17.2. The minimum atomic E-state index is -1.24. The highest BCUT2D eigenvalue weighted by Gasteiger charge is 2.30. The molecule has 2 aromatic rings. The summed E-state index contributed by atoms with van der Waals surface area (Å²) in [6.07, 6.45) is 1.42. The monoisotopic (exact) mass is 377 g/mol. The van der Waals surface area contributed by atoms with E-state index in [9.17, 15) is 14.7 Å². The van der Waals surface area contributed by atoms with Crippen LogP contribution in [0.5, 0.6) is 5.75 Å². The zero-order valence-corrected chi connectivity index (χ0v) is 15.4. The third-order valence-electron chi connectivity index (χ3n) is 5.19. The number of pyridine rings is 1. The SMILES string of the molecule is C[C@@H]1COc2c(N3CCN(C)CC3)c(Cl)cc3c(=O)c(C(=O)O)cn1c23. The van der Waals surface area contributed by atoms with Gasteiger partial charge in [-0.25, -0.2) is 4.79 Å². The molecule has 1 aromatic heterocycles. The zero-order chi connectivity index (χ0) is 18.6. The zero-order valence-electron chi connectivity index (χ0n) is 14.7. The number of carboxylic acids is 1. The number of nitrogens with zero attached hydrogens (tertiary/aromatic N) is 3. The predicted molar refractivity (Wildman–Crippen MR) is 100 cm³/mol. The molecule has 0 saturated carbocycles. The number of anilines is 1. The number of likely N-dealkylation sites (N-methyl/N-ethyl adjacent to an activating group) is 1. The molecule has 3 heterocycles. The van der Waals surface area contributed by atoms with E-state index >= 15 is 0 Å². The predicted octanol–water partition coefficient (Wildman–Crippen LogP) is 2.06. The standard InChI is InChI=1S/C18H20ClN3O4/c1-10-9-26-17-14-11(16(23)12(18(24)25)8-22(10)14)7-13(19)15(17)21-5-3-20(2)4-6-21/h7-8,10H,3-6,9H2,1-2H3,(H,24,25)/t10-/m1/s1. The van der Waals surface area contributed by atoms with Crippen LogP contribution in [0.1, 0.15) is 23.3 Å². The lowest BCUT2D eigenvalue weighted by Crippen LogP contribution is -2.45. The number of rotatable bonds is 2. The Balaban J connectivity index is 2.00. The number of ether oxygens (including phenoxy) is 1. The Morgan fingerprint density at radius 1 is 1.31 bits per heavy atom. The number of carboxylic acid groups (broad SMARTS) is 1. The molecule has 1 N–H and O–H groups in total. The fourth-order valence-electron chi connectivity index (χ4n) is 3.69. The second-order valence-electron chi connectivity index (χ2n) is 6.97. The molecule has 0 radical (unpaired) electrons. The summed E-state index contributed by atoms with van der Waals surface area (Å²) < 4.78 is 7.84. The number of carbonyl (C=O) groups is 1. The molecule has 0 bridgehead atoms. The normalized spacial score (nSPS) is 20.3. The largest absolute Gasteiger partial charge is 0.487 e. The molecule has 1 aromatic carbocycles. The molecule has 2 aliphatic rings. The van der Waals surface area contributed by atoms with Gasteiger partial charge in [0.2, 0.25) is 5.43 Å². The van der Waals surface area contributed by atoms with Crippen LogP contribution in [-0.2, 0) is 0 Å². The van der Waals surface area contributed by atoms with Gasteiger partial charge >= 0.3 is 5.97 Å². The average molecular weight is 378 g/mol. The summed E-state index contributed by atoms with van der Waals surface area (Å²) in [4.78, 5) is 28.6. The van der Waals surface area contributed by atoms with Crippen LogP contribution in [0.3, 0.4) is 0 Å². The molecule has 0 unspecified atom stereocenters. The molecule has 0 amide bonds. The van der Waals surface area contributed by atoms with Crippen LogP contribution < -0.4 is 15.1 Å². The van der Waals surface area contributed by atoms with Crippen molar-refractivity contribution < 1.29 is 14.6 Å². The van der Waals surface area contributed by atoms with Gasteiger partial charge in [-0.05, 0) is 20.0 Å². The first-order valence-corrected chi connectivity index (χ1v) is 8.97. The first-order chi connectivity index (χ1) is 12.4. The average Bonchev–Trinajstić information content (AvgIpc) is 2.60. The minimum absolute atomic E-state index is 0.0785. The van der Waals surface area contributed by atoms with Crippen LogP contribution in [0.25, 0.3) is 10.9 Å². The van der Waals surface area contributed by atoms with Gasteiger partial charge in [-0.1, -0.05) is 11.6 Å². The summed E-state index contributed by atoms with van der Waals surface area (Å²) in [6, 6.07) is 1.51. The lowest BCUT2D eigenvalue weighted by atomic mass is 10.1. The highest BCUT2D eigenvalue weighted by molar-refractivity contribution is 6.35. The van der Waals surface area contributed by atoms with E-state index in [1.807, 2.05) is 11.5 Å². The van der Waals surface area contributed by atoms with Crippen LogP contribution in [-0.4, -0.2) is 60.4 Å². The summed E-state index contributed by atoms with van der Waals surface area (Å²) in [6.45, 7) is 5.77. The van der Waals surface area contributed by atoms with Crippen LogP contribution >= 0.6 is 11.6 Å². The topological polar surface area (TPSA) is 75.0 Å². The van der Waals surface area contributed by atoms with Gasteiger partial charge in [0, 0.05) is 32.4 Å². The van der Waals surface area contributed by atoms with Gasteiger partial charge in [0.25, 0.3) is 0 Å². The number of benzene rings is 1. The van der Waals surface area contributed by atoms with E-state index in [2.05, 4.69) is 16.8 Å². The molecule has 7 nitrogen and oxygen atoms in total. The van der Waals surface area contributed by atoms with Crippen molar-refractivity contribution in [1.82, 2.24) is 9.47 Å². The van der Waals surface area contributed by atoms with E-state index in [-0.39, 0.29) is 17.0 Å². The number of piperazine rings is 1. The van der Waals surface area contributed by atoms with Crippen molar-refractivity contribution in [3.05, 3.63) is 33.1 Å². The van der Waals surface area contributed by atoms with Crippen LogP contribution in [0, 0.1) is 0 Å². The van der Waals surface area contributed by atoms with Gasteiger partial charge in [-0.3, -0.25) is 4.79 Å². The van der Waals surface area contributed by atoms with Crippen molar-refractivity contribution in [1.29, 1.82) is 0 Å². The van der Waals surface area contributed by atoms with Gasteiger partial charge in [0.15, 0.2) is 5.75 Å². The van der Waals surface area contributed by atoms with E-state index in [1.165, 1.54) is 6.20 Å². The van der Waals surface area contributed by atoms with Crippen molar-refractivity contribution in [2.45, 2.75) is 13.0 Å². The molecule has 0 aliphatic carbocycles. The van der Waals surface area contributed by atoms with Crippen LogP contribution in [0.4, 0.5) is 5.69 Å². The van der Waals surface area contributed by atoms with Crippen molar-refractivity contribution in [2.24, 2.45) is 0 Å². The van der Waals surface area contributed by atoms with Crippen molar-refractivity contribution in [2.75, 3.05) is 44.7 Å². The molecule has 4 rings (SSSR count). The van der Waals surface area contributed by atoms with Crippen molar-refractivity contribution >= 4 is 34.2 Å². The fraction of sp³-hybridized carbons (Fsp3) is 0.444. The Morgan fingerprint density at radius 3 is 2.65 bits per heavy atom. The molecule has 1 fully saturated rings. The highest BCUT2D eigenvalue weighted by atomic mass is 35.5. The lowest BCUT2D eigenvalue weighted by molar-refractivity contribution is 0.0694. The van der Waals surface area contributed by atoms with Crippen LogP contribution in [0.2, 0.25) is 5.02 Å². The Kier molecular flexibility index (Phi) is 4.08. The first-order valence-electron chi connectivity index (χ1n) is 8.59. The molecule has 1 atom stereocenters. The number of hydrogen-bond acceptors (Lipinski definition) is 5. The van der Waals surface area contributed by atoms with Gasteiger partial charge in [-0.15, -0.1) is 0 Å². The second-order valence-corrected chi connectivity index (χ2v) is 7.37. The third-order valence-corrected chi connectivity index (χ3v) is 5.48. The molecule has 0 spiro atoms. The molecular weight excluding hydrogens is 358 g/mol. The molecule has 138 valence electrons. The molecular formula is C18H20ClN3O4. The van der Waals surface area contributed by atoms with Gasteiger partial charge in [0.1, 0.15) is 17.9 Å². The van der Waals surface area contributed by atoms with Crippen LogP contribution in [0.15, 0.2) is 17.1 Å². The summed E-state index contributed by atoms with van der Waals surface area (Å²) >= 11 is 6.54. The maximum absolute atomic E-state index is 12.7. The van der Waals surface area contributed by atoms with Gasteiger partial charge in [0.05, 0.1) is 22.0 Å². The van der Waals surface area contributed by atoms with E-state index in [4.69, 9.17) is 16.3 Å². The number of aromatic nitrogens is 1. The van der Waals surface area contributed by atoms with Gasteiger partial charge < -0.3 is 24.2 Å².